The highest BCUT2D eigenvalue weighted by molar-refractivity contribution is 6.33. The molecule has 7 nitrogen and oxygen atoms in total. The highest BCUT2D eigenvalue weighted by Crippen LogP contribution is 2.30. The summed E-state index contributed by atoms with van der Waals surface area (Å²) in [6.45, 7) is 5.35. The standard InChI is InChI=1S/C19H19ClN6O/c1-11-4-5-16(17(8-11)23-13(3)27)24-18-14(20)10-22-19(26-18)25-15-6-7-21-9-12(15)2/h4-10H,1-3H3,(H,23,27)(H2,21,22,24,25,26). The maximum Gasteiger partial charge on any atom is 0.229 e. The van der Waals surface area contributed by atoms with Crippen LogP contribution in [-0.2, 0) is 4.79 Å². The zero-order chi connectivity index (χ0) is 19.4. The van der Waals surface area contributed by atoms with Crippen LogP contribution in [0.3, 0.4) is 0 Å². The van der Waals surface area contributed by atoms with Gasteiger partial charge >= 0.3 is 0 Å². The molecule has 138 valence electrons. The van der Waals surface area contributed by atoms with Crippen molar-refractivity contribution in [3.05, 3.63) is 59.0 Å². The summed E-state index contributed by atoms with van der Waals surface area (Å²) in [5, 5.41) is 9.48. The van der Waals surface area contributed by atoms with Gasteiger partial charge in [0, 0.05) is 25.0 Å². The molecule has 0 saturated heterocycles. The van der Waals surface area contributed by atoms with Gasteiger partial charge in [0.2, 0.25) is 11.9 Å². The van der Waals surface area contributed by atoms with Gasteiger partial charge in [0.05, 0.1) is 17.6 Å². The lowest BCUT2D eigenvalue weighted by Crippen LogP contribution is -2.09. The maximum atomic E-state index is 11.5. The van der Waals surface area contributed by atoms with Gasteiger partial charge in [0.25, 0.3) is 0 Å². The molecule has 0 radical (unpaired) electrons. The van der Waals surface area contributed by atoms with E-state index in [0.717, 1.165) is 16.8 Å². The van der Waals surface area contributed by atoms with Gasteiger partial charge in [-0.15, -0.1) is 0 Å². The predicted molar refractivity (Wildman–Crippen MR) is 108 cm³/mol. The summed E-state index contributed by atoms with van der Waals surface area (Å²) in [5.74, 6) is 0.661. The molecule has 8 heteroatoms. The number of halogens is 1. The summed E-state index contributed by atoms with van der Waals surface area (Å²) in [5.41, 5.74) is 4.18. The van der Waals surface area contributed by atoms with Crippen molar-refractivity contribution in [3.8, 4) is 0 Å². The Morgan fingerprint density at radius 2 is 1.85 bits per heavy atom. The van der Waals surface area contributed by atoms with Gasteiger partial charge in [0.1, 0.15) is 5.02 Å². The Morgan fingerprint density at radius 3 is 2.59 bits per heavy atom. The van der Waals surface area contributed by atoms with Crippen molar-refractivity contribution >= 4 is 46.3 Å². The fourth-order valence-corrected chi connectivity index (χ4v) is 2.58. The second kappa shape index (κ2) is 8.01. The first kappa shape index (κ1) is 18.6. The molecule has 0 unspecified atom stereocenters. The van der Waals surface area contributed by atoms with Crippen molar-refractivity contribution in [2.45, 2.75) is 20.8 Å². The zero-order valence-corrected chi connectivity index (χ0v) is 15.9. The highest BCUT2D eigenvalue weighted by Gasteiger charge is 2.11. The molecule has 2 aromatic heterocycles. The van der Waals surface area contributed by atoms with Crippen molar-refractivity contribution < 1.29 is 4.79 Å². The Hall–Kier alpha value is -3.19. The SMILES string of the molecule is CC(=O)Nc1cc(C)ccc1Nc1nc(Nc2ccncc2C)ncc1Cl. The number of anilines is 5. The molecule has 0 saturated carbocycles. The third-order valence-electron chi connectivity index (χ3n) is 3.75. The lowest BCUT2D eigenvalue weighted by molar-refractivity contribution is -0.114. The number of carbonyl (C=O) groups is 1. The molecule has 0 spiro atoms. The van der Waals surface area contributed by atoms with E-state index < -0.39 is 0 Å². The second-order valence-electron chi connectivity index (χ2n) is 6.06. The number of hydrogen-bond acceptors (Lipinski definition) is 6. The van der Waals surface area contributed by atoms with Crippen molar-refractivity contribution in [3.63, 3.8) is 0 Å². The lowest BCUT2D eigenvalue weighted by Gasteiger charge is -2.14. The molecule has 0 fully saturated rings. The molecule has 2 heterocycles. The third-order valence-corrected chi connectivity index (χ3v) is 4.03. The van der Waals surface area contributed by atoms with Crippen molar-refractivity contribution in [2.75, 3.05) is 16.0 Å². The fraction of sp³-hybridized carbons (Fsp3) is 0.158. The number of nitrogens with one attached hydrogen (secondary N) is 3. The summed E-state index contributed by atoms with van der Waals surface area (Å²) in [4.78, 5) is 24.2. The minimum absolute atomic E-state index is 0.159. The van der Waals surface area contributed by atoms with Gasteiger partial charge in [0.15, 0.2) is 5.82 Å². The molecule has 0 aliphatic carbocycles. The van der Waals surface area contributed by atoms with E-state index in [4.69, 9.17) is 11.6 Å². The Labute approximate surface area is 162 Å². The van der Waals surface area contributed by atoms with E-state index in [1.54, 1.807) is 12.4 Å². The Bertz CT molecular complexity index is 992. The summed E-state index contributed by atoms with van der Waals surface area (Å²) in [6.07, 6.45) is 4.96. The molecule has 1 amide bonds. The lowest BCUT2D eigenvalue weighted by atomic mass is 10.2. The molecular formula is C19H19ClN6O. The van der Waals surface area contributed by atoms with Gasteiger partial charge in [-0.1, -0.05) is 17.7 Å². The first-order valence-electron chi connectivity index (χ1n) is 8.28. The summed E-state index contributed by atoms with van der Waals surface area (Å²) in [6, 6.07) is 7.51. The van der Waals surface area contributed by atoms with Crippen LogP contribution in [-0.4, -0.2) is 20.9 Å². The monoisotopic (exact) mass is 382 g/mol. The van der Waals surface area contributed by atoms with Crippen LogP contribution in [0.1, 0.15) is 18.1 Å². The largest absolute Gasteiger partial charge is 0.337 e. The molecular weight excluding hydrogens is 364 g/mol. The molecule has 0 bridgehead atoms. The van der Waals surface area contributed by atoms with Crippen LogP contribution in [0, 0.1) is 13.8 Å². The minimum atomic E-state index is -0.159. The molecule has 3 rings (SSSR count). The highest BCUT2D eigenvalue weighted by atomic mass is 35.5. The predicted octanol–water partition coefficient (Wildman–Crippen LogP) is 4.59. The first-order valence-corrected chi connectivity index (χ1v) is 8.65. The molecule has 3 N–H and O–H groups in total. The molecule has 1 aromatic carbocycles. The second-order valence-corrected chi connectivity index (χ2v) is 6.47. The number of hydrogen-bond donors (Lipinski definition) is 3. The van der Waals surface area contributed by atoms with Crippen LogP contribution in [0.15, 0.2) is 42.9 Å². The number of pyridine rings is 1. The van der Waals surface area contributed by atoms with Crippen molar-refractivity contribution in [2.24, 2.45) is 0 Å². The first-order chi connectivity index (χ1) is 12.9. The van der Waals surface area contributed by atoms with E-state index in [0.29, 0.717) is 28.2 Å². The summed E-state index contributed by atoms with van der Waals surface area (Å²) >= 11 is 6.26. The average Bonchev–Trinajstić information content (AvgIpc) is 2.61. The van der Waals surface area contributed by atoms with E-state index in [2.05, 4.69) is 30.9 Å². The minimum Gasteiger partial charge on any atom is -0.337 e. The summed E-state index contributed by atoms with van der Waals surface area (Å²) in [7, 11) is 0. The van der Waals surface area contributed by atoms with Crippen molar-refractivity contribution in [1.29, 1.82) is 0 Å². The molecule has 27 heavy (non-hydrogen) atoms. The number of aryl methyl sites for hydroxylation is 2. The number of aromatic nitrogens is 3. The Morgan fingerprint density at radius 1 is 1.04 bits per heavy atom. The van der Waals surface area contributed by atoms with E-state index >= 15 is 0 Å². The fourth-order valence-electron chi connectivity index (χ4n) is 2.44. The van der Waals surface area contributed by atoms with Crippen LogP contribution in [0.5, 0.6) is 0 Å². The van der Waals surface area contributed by atoms with E-state index in [9.17, 15) is 4.79 Å². The number of benzene rings is 1. The Kier molecular flexibility index (Phi) is 5.52. The Balaban J connectivity index is 1.90. The van der Waals surface area contributed by atoms with Gasteiger partial charge in [-0.05, 0) is 43.2 Å². The number of carbonyl (C=O) groups excluding carboxylic acids is 1. The van der Waals surface area contributed by atoms with Crippen LogP contribution < -0.4 is 16.0 Å². The van der Waals surface area contributed by atoms with E-state index in [1.807, 2.05) is 38.1 Å². The van der Waals surface area contributed by atoms with Crippen LogP contribution in [0.25, 0.3) is 0 Å². The van der Waals surface area contributed by atoms with E-state index in [1.165, 1.54) is 13.1 Å². The van der Waals surface area contributed by atoms with Crippen LogP contribution in [0.2, 0.25) is 5.02 Å². The number of amides is 1. The van der Waals surface area contributed by atoms with Crippen LogP contribution >= 0.6 is 11.6 Å². The summed E-state index contributed by atoms with van der Waals surface area (Å²) < 4.78 is 0. The normalized spacial score (nSPS) is 10.4. The third kappa shape index (κ3) is 4.71. The van der Waals surface area contributed by atoms with Gasteiger partial charge in [-0.2, -0.15) is 4.98 Å². The van der Waals surface area contributed by atoms with Gasteiger partial charge in [-0.3, -0.25) is 9.78 Å². The molecule has 0 atom stereocenters. The topological polar surface area (TPSA) is 91.8 Å². The zero-order valence-electron chi connectivity index (χ0n) is 15.2. The maximum absolute atomic E-state index is 11.5. The molecule has 3 aromatic rings. The molecule has 0 aliphatic rings. The smallest absolute Gasteiger partial charge is 0.229 e. The molecule has 0 aliphatic heterocycles. The number of rotatable bonds is 5. The quantitative estimate of drug-likeness (QED) is 0.597. The average molecular weight is 383 g/mol. The van der Waals surface area contributed by atoms with Gasteiger partial charge < -0.3 is 16.0 Å². The van der Waals surface area contributed by atoms with E-state index in [-0.39, 0.29) is 5.91 Å². The number of nitrogens with zero attached hydrogens (tertiary/aromatic N) is 3. The van der Waals surface area contributed by atoms with Gasteiger partial charge in [-0.25, -0.2) is 4.98 Å². The van der Waals surface area contributed by atoms with Crippen molar-refractivity contribution in [1.82, 2.24) is 15.0 Å². The van der Waals surface area contributed by atoms with Crippen LogP contribution in [0.4, 0.5) is 28.8 Å².